The average molecular weight is 293 g/mol. The SMILES string of the molecule is Cc1ccccc1SCC(=O)N1CCC(C)(C(=O)O)C1. The highest BCUT2D eigenvalue weighted by Gasteiger charge is 2.41. The number of hydrogen-bond donors (Lipinski definition) is 1. The highest BCUT2D eigenvalue weighted by atomic mass is 32.2. The van der Waals surface area contributed by atoms with E-state index in [-0.39, 0.29) is 5.91 Å². The van der Waals surface area contributed by atoms with E-state index in [2.05, 4.69) is 0 Å². The van der Waals surface area contributed by atoms with Crippen LogP contribution in [0.1, 0.15) is 18.9 Å². The fourth-order valence-corrected chi connectivity index (χ4v) is 3.23. The minimum Gasteiger partial charge on any atom is -0.481 e. The van der Waals surface area contributed by atoms with Crippen LogP contribution >= 0.6 is 11.8 Å². The first kappa shape index (κ1) is 14.9. The molecular formula is C15H19NO3S. The van der Waals surface area contributed by atoms with Crippen LogP contribution in [0.25, 0.3) is 0 Å². The minimum atomic E-state index is -0.820. The lowest BCUT2D eigenvalue weighted by molar-refractivity contribution is -0.147. The van der Waals surface area contributed by atoms with Crippen LogP contribution in [0.4, 0.5) is 0 Å². The third kappa shape index (κ3) is 3.15. The van der Waals surface area contributed by atoms with Gasteiger partial charge in [-0.2, -0.15) is 0 Å². The number of hydrogen-bond acceptors (Lipinski definition) is 3. The van der Waals surface area contributed by atoms with Crippen molar-refractivity contribution in [3.63, 3.8) is 0 Å². The monoisotopic (exact) mass is 293 g/mol. The quantitative estimate of drug-likeness (QED) is 0.866. The maximum atomic E-state index is 12.2. The van der Waals surface area contributed by atoms with Crippen LogP contribution in [0.5, 0.6) is 0 Å². The molecule has 4 nitrogen and oxygen atoms in total. The summed E-state index contributed by atoms with van der Waals surface area (Å²) in [6.07, 6.45) is 0.531. The summed E-state index contributed by atoms with van der Waals surface area (Å²) in [5, 5.41) is 9.17. The van der Waals surface area contributed by atoms with Crippen molar-refractivity contribution in [2.75, 3.05) is 18.8 Å². The van der Waals surface area contributed by atoms with Crippen LogP contribution in [0.15, 0.2) is 29.2 Å². The Bertz CT molecular complexity index is 532. The molecule has 0 saturated carbocycles. The molecule has 0 aromatic heterocycles. The molecule has 1 aliphatic rings. The number of carbonyl (C=O) groups is 2. The van der Waals surface area contributed by atoms with Gasteiger partial charge in [0.05, 0.1) is 11.2 Å². The van der Waals surface area contributed by atoms with Crippen LogP contribution in [-0.2, 0) is 9.59 Å². The molecule has 2 rings (SSSR count). The third-order valence-electron chi connectivity index (χ3n) is 3.79. The molecule has 1 atom stereocenters. The Hall–Kier alpha value is -1.49. The van der Waals surface area contributed by atoms with E-state index in [0.717, 1.165) is 10.5 Å². The third-order valence-corrected chi connectivity index (χ3v) is 4.95. The molecule has 108 valence electrons. The van der Waals surface area contributed by atoms with Gasteiger partial charge in [0, 0.05) is 18.0 Å². The largest absolute Gasteiger partial charge is 0.481 e. The molecule has 1 fully saturated rings. The van der Waals surface area contributed by atoms with E-state index < -0.39 is 11.4 Å². The lowest BCUT2D eigenvalue weighted by Crippen LogP contribution is -2.35. The fraction of sp³-hybridized carbons (Fsp3) is 0.467. The van der Waals surface area contributed by atoms with Gasteiger partial charge in [0.15, 0.2) is 0 Å². The molecule has 1 aliphatic heterocycles. The fourth-order valence-electron chi connectivity index (χ4n) is 2.30. The zero-order chi connectivity index (χ0) is 14.8. The van der Waals surface area contributed by atoms with Gasteiger partial charge in [-0.1, -0.05) is 18.2 Å². The molecule has 1 aromatic rings. The maximum absolute atomic E-state index is 12.2. The number of aliphatic carboxylic acids is 1. The summed E-state index contributed by atoms with van der Waals surface area (Å²) in [6.45, 7) is 4.58. The van der Waals surface area contributed by atoms with E-state index in [9.17, 15) is 14.7 Å². The Morgan fingerprint density at radius 2 is 2.10 bits per heavy atom. The molecule has 1 saturated heterocycles. The van der Waals surface area contributed by atoms with Crippen LogP contribution in [0, 0.1) is 12.3 Å². The Balaban J connectivity index is 1.91. The van der Waals surface area contributed by atoms with Crippen molar-refractivity contribution >= 4 is 23.6 Å². The van der Waals surface area contributed by atoms with Crippen molar-refractivity contribution in [3.8, 4) is 0 Å². The van der Waals surface area contributed by atoms with Gasteiger partial charge < -0.3 is 10.0 Å². The molecular weight excluding hydrogens is 274 g/mol. The molecule has 0 aliphatic carbocycles. The smallest absolute Gasteiger partial charge is 0.311 e. The number of benzene rings is 1. The zero-order valence-electron chi connectivity index (χ0n) is 11.8. The summed E-state index contributed by atoms with van der Waals surface area (Å²) in [6, 6.07) is 7.94. The van der Waals surface area contributed by atoms with Gasteiger partial charge in [-0.3, -0.25) is 9.59 Å². The number of likely N-dealkylation sites (tertiary alicyclic amines) is 1. The van der Waals surface area contributed by atoms with Gasteiger partial charge in [-0.05, 0) is 31.9 Å². The average Bonchev–Trinajstić information content (AvgIpc) is 2.82. The molecule has 1 heterocycles. The van der Waals surface area contributed by atoms with Crippen LogP contribution in [-0.4, -0.2) is 40.7 Å². The van der Waals surface area contributed by atoms with E-state index in [1.54, 1.807) is 11.8 Å². The molecule has 1 aromatic carbocycles. The molecule has 0 radical (unpaired) electrons. The highest BCUT2D eigenvalue weighted by molar-refractivity contribution is 8.00. The van der Waals surface area contributed by atoms with Gasteiger partial charge in [-0.15, -0.1) is 11.8 Å². The molecule has 1 unspecified atom stereocenters. The summed E-state index contributed by atoms with van der Waals surface area (Å²) >= 11 is 1.51. The van der Waals surface area contributed by atoms with Crippen LogP contribution in [0.3, 0.4) is 0 Å². The lowest BCUT2D eigenvalue weighted by atomic mass is 9.90. The summed E-state index contributed by atoms with van der Waals surface area (Å²) in [5.41, 5.74) is 0.366. The number of rotatable bonds is 4. The summed E-state index contributed by atoms with van der Waals surface area (Å²) in [7, 11) is 0. The number of carboxylic acid groups (broad SMARTS) is 1. The Labute approximate surface area is 123 Å². The number of nitrogens with zero attached hydrogens (tertiary/aromatic N) is 1. The second kappa shape index (κ2) is 5.87. The maximum Gasteiger partial charge on any atom is 0.311 e. The van der Waals surface area contributed by atoms with Crippen molar-refractivity contribution in [1.29, 1.82) is 0 Å². The zero-order valence-corrected chi connectivity index (χ0v) is 12.6. The van der Waals surface area contributed by atoms with Crippen molar-refractivity contribution < 1.29 is 14.7 Å². The second-order valence-electron chi connectivity index (χ2n) is 5.49. The minimum absolute atomic E-state index is 0.0169. The number of carboxylic acids is 1. The predicted molar refractivity (Wildman–Crippen MR) is 78.8 cm³/mol. The molecule has 0 bridgehead atoms. The Morgan fingerprint density at radius 3 is 2.70 bits per heavy atom. The van der Waals surface area contributed by atoms with Gasteiger partial charge in [-0.25, -0.2) is 0 Å². The summed E-state index contributed by atoms with van der Waals surface area (Å²) in [5.74, 6) is -0.442. The Morgan fingerprint density at radius 1 is 1.40 bits per heavy atom. The first-order valence-corrected chi connectivity index (χ1v) is 7.60. The van der Waals surface area contributed by atoms with E-state index in [0.29, 0.717) is 25.3 Å². The molecule has 20 heavy (non-hydrogen) atoms. The highest BCUT2D eigenvalue weighted by Crippen LogP contribution is 2.31. The lowest BCUT2D eigenvalue weighted by Gasteiger charge is -2.20. The second-order valence-corrected chi connectivity index (χ2v) is 6.50. The van der Waals surface area contributed by atoms with E-state index in [4.69, 9.17) is 0 Å². The van der Waals surface area contributed by atoms with Crippen molar-refractivity contribution in [2.24, 2.45) is 5.41 Å². The number of carbonyl (C=O) groups excluding carboxylic acids is 1. The summed E-state index contributed by atoms with van der Waals surface area (Å²) in [4.78, 5) is 26.1. The normalized spacial score (nSPS) is 22.0. The van der Waals surface area contributed by atoms with Crippen molar-refractivity contribution in [1.82, 2.24) is 4.90 Å². The number of thioether (sulfide) groups is 1. The predicted octanol–water partition coefficient (Wildman–Crippen LogP) is 2.41. The Kier molecular flexibility index (Phi) is 4.38. The van der Waals surface area contributed by atoms with Crippen LogP contribution < -0.4 is 0 Å². The van der Waals surface area contributed by atoms with Crippen molar-refractivity contribution in [2.45, 2.75) is 25.2 Å². The topological polar surface area (TPSA) is 57.6 Å². The number of aryl methyl sites for hydroxylation is 1. The van der Waals surface area contributed by atoms with Gasteiger partial charge in [0.2, 0.25) is 5.91 Å². The molecule has 1 N–H and O–H groups in total. The van der Waals surface area contributed by atoms with E-state index in [1.165, 1.54) is 11.8 Å². The van der Waals surface area contributed by atoms with Gasteiger partial charge in [0.1, 0.15) is 0 Å². The van der Waals surface area contributed by atoms with E-state index >= 15 is 0 Å². The molecule has 0 spiro atoms. The van der Waals surface area contributed by atoms with Crippen LogP contribution in [0.2, 0.25) is 0 Å². The number of amides is 1. The van der Waals surface area contributed by atoms with Gasteiger partial charge >= 0.3 is 5.97 Å². The first-order chi connectivity index (χ1) is 9.42. The summed E-state index contributed by atoms with van der Waals surface area (Å²) < 4.78 is 0. The van der Waals surface area contributed by atoms with E-state index in [1.807, 2.05) is 31.2 Å². The first-order valence-electron chi connectivity index (χ1n) is 6.62. The molecule has 5 heteroatoms. The standard InChI is InChI=1S/C15H19NO3S/c1-11-5-3-4-6-12(11)20-9-13(17)16-8-7-15(2,10-16)14(18)19/h3-6H,7-10H2,1-2H3,(H,18,19). The van der Waals surface area contributed by atoms with Gasteiger partial charge in [0.25, 0.3) is 0 Å². The van der Waals surface area contributed by atoms with Crippen molar-refractivity contribution in [3.05, 3.63) is 29.8 Å². The molecule has 1 amide bonds.